The number of nitrogens with two attached hydrogens (primary N) is 1. The number of benzene rings is 1. The van der Waals surface area contributed by atoms with E-state index in [9.17, 15) is 4.79 Å². The number of nitrogen functional groups attached to an aromatic ring is 1. The molecule has 0 radical (unpaired) electrons. The average Bonchev–Trinajstić information content (AvgIpc) is 2.38. The second kappa shape index (κ2) is 4.70. The van der Waals surface area contributed by atoms with Gasteiger partial charge in [-0.3, -0.25) is 0 Å². The molecule has 0 atom stereocenters. The lowest BCUT2D eigenvalue weighted by Crippen LogP contribution is -2.06. The van der Waals surface area contributed by atoms with Crippen molar-refractivity contribution < 1.29 is 14.6 Å². The molecular formula is C12H11N3O3. The van der Waals surface area contributed by atoms with Gasteiger partial charge in [0.1, 0.15) is 11.6 Å². The Morgan fingerprint density at radius 2 is 2.06 bits per heavy atom. The van der Waals surface area contributed by atoms with Gasteiger partial charge in [0.05, 0.1) is 12.7 Å². The third-order valence-corrected chi connectivity index (χ3v) is 2.31. The van der Waals surface area contributed by atoms with E-state index >= 15 is 0 Å². The van der Waals surface area contributed by atoms with Gasteiger partial charge in [-0.25, -0.2) is 14.8 Å². The second-order valence-corrected chi connectivity index (χ2v) is 3.51. The molecule has 0 saturated heterocycles. The van der Waals surface area contributed by atoms with Crippen LogP contribution in [0.3, 0.4) is 0 Å². The minimum atomic E-state index is -1.15. The fourth-order valence-electron chi connectivity index (χ4n) is 1.53. The SMILES string of the molecule is COc1ccccc1-c1nc(N)cc(C(=O)O)n1. The molecule has 6 nitrogen and oxygen atoms in total. The van der Waals surface area contributed by atoms with Gasteiger partial charge in [-0.15, -0.1) is 0 Å². The molecule has 0 spiro atoms. The predicted octanol–water partition coefficient (Wildman–Crippen LogP) is 1.43. The van der Waals surface area contributed by atoms with Crippen molar-refractivity contribution in [1.29, 1.82) is 0 Å². The van der Waals surface area contributed by atoms with Crippen molar-refractivity contribution >= 4 is 11.8 Å². The third kappa shape index (κ3) is 2.22. The Kier molecular flexibility index (Phi) is 3.09. The number of carboxylic acids is 1. The smallest absolute Gasteiger partial charge is 0.354 e. The number of rotatable bonds is 3. The summed E-state index contributed by atoms with van der Waals surface area (Å²) in [5, 5.41) is 8.93. The fourth-order valence-corrected chi connectivity index (χ4v) is 1.53. The van der Waals surface area contributed by atoms with Crippen LogP contribution in [0.5, 0.6) is 5.75 Å². The van der Waals surface area contributed by atoms with Crippen molar-refractivity contribution in [2.45, 2.75) is 0 Å². The first-order valence-corrected chi connectivity index (χ1v) is 5.13. The molecule has 18 heavy (non-hydrogen) atoms. The zero-order valence-electron chi connectivity index (χ0n) is 9.62. The van der Waals surface area contributed by atoms with Crippen molar-refractivity contribution in [2.75, 3.05) is 12.8 Å². The number of para-hydroxylation sites is 1. The number of ether oxygens (including phenoxy) is 1. The van der Waals surface area contributed by atoms with Gasteiger partial charge >= 0.3 is 5.97 Å². The molecule has 0 aliphatic heterocycles. The molecule has 2 rings (SSSR count). The minimum Gasteiger partial charge on any atom is -0.496 e. The molecule has 0 aliphatic carbocycles. The van der Waals surface area contributed by atoms with Crippen LogP contribution in [-0.4, -0.2) is 28.2 Å². The number of aromatic nitrogens is 2. The molecule has 0 aliphatic rings. The highest BCUT2D eigenvalue weighted by Crippen LogP contribution is 2.27. The number of carboxylic acid groups (broad SMARTS) is 1. The van der Waals surface area contributed by atoms with Crippen LogP contribution >= 0.6 is 0 Å². The summed E-state index contributed by atoms with van der Waals surface area (Å²) < 4.78 is 5.17. The summed E-state index contributed by atoms with van der Waals surface area (Å²) in [7, 11) is 1.52. The van der Waals surface area contributed by atoms with Crippen molar-refractivity contribution in [1.82, 2.24) is 9.97 Å². The predicted molar refractivity (Wildman–Crippen MR) is 65.4 cm³/mol. The molecule has 3 N–H and O–H groups in total. The number of anilines is 1. The summed E-state index contributed by atoms with van der Waals surface area (Å²) in [5.74, 6) is -0.271. The van der Waals surface area contributed by atoms with Gasteiger partial charge in [-0.1, -0.05) is 12.1 Å². The molecule has 1 aromatic carbocycles. The number of hydrogen-bond donors (Lipinski definition) is 2. The summed E-state index contributed by atoms with van der Waals surface area (Å²) in [6, 6.07) is 8.26. The summed E-state index contributed by atoms with van der Waals surface area (Å²) in [4.78, 5) is 18.9. The Hall–Kier alpha value is -2.63. The van der Waals surface area contributed by atoms with Gasteiger partial charge in [0.15, 0.2) is 11.5 Å². The van der Waals surface area contributed by atoms with Crippen LogP contribution in [0.25, 0.3) is 11.4 Å². The van der Waals surface area contributed by atoms with E-state index in [1.54, 1.807) is 24.3 Å². The van der Waals surface area contributed by atoms with E-state index in [2.05, 4.69) is 9.97 Å². The molecule has 0 unspecified atom stereocenters. The lowest BCUT2D eigenvalue weighted by Gasteiger charge is -2.07. The topological polar surface area (TPSA) is 98.3 Å². The van der Waals surface area contributed by atoms with Crippen molar-refractivity contribution in [3.8, 4) is 17.1 Å². The zero-order valence-corrected chi connectivity index (χ0v) is 9.62. The molecule has 92 valence electrons. The molecule has 0 saturated carbocycles. The second-order valence-electron chi connectivity index (χ2n) is 3.51. The number of carbonyl (C=O) groups is 1. The molecular weight excluding hydrogens is 234 g/mol. The Labute approximate surface area is 103 Å². The molecule has 0 bridgehead atoms. The van der Waals surface area contributed by atoms with Gasteiger partial charge in [0, 0.05) is 6.07 Å². The standard InChI is InChI=1S/C12H11N3O3/c1-18-9-5-3-2-4-7(9)11-14-8(12(16)17)6-10(13)15-11/h2-6H,1H3,(H,16,17)(H2,13,14,15). The van der Waals surface area contributed by atoms with Crippen molar-refractivity contribution in [3.63, 3.8) is 0 Å². The number of aromatic carboxylic acids is 1. The van der Waals surface area contributed by atoms with Crippen LogP contribution in [-0.2, 0) is 0 Å². The quantitative estimate of drug-likeness (QED) is 0.848. The van der Waals surface area contributed by atoms with E-state index in [1.807, 2.05) is 0 Å². The maximum Gasteiger partial charge on any atom is 0.354 e. The van der Waals surface area contributed by atoms with Crippen molar-refractivity contribution in [2.24, 2.45) is 0 Å². The van der Waals surface area contributed by atoms with E-state index in [0.29, 0.717) is 11.3 Å². The summed E-state index contributed by atoms with van der Waals surface area (Å²) >= 11 is 0. The average molecular weight is 245 g/mol. The van der Waals surface area contributed by atoms with E-state index in [1.165, 1.54) is 13.2 Å². The molecule has 1 heterocycles. The number of hydrogen-bond acceptors (Lipinski definition) is 5. The van der Waals surface area contributed by atoms with E-state index in [0.717, 1.165) is 0 Å². The summed E-state index contributed by atoms with van der Waals surface area (Å²) in [6.07, 6.45) is 0. The first-order valence-electron chi connectivity index (χ1n) is 5.13. The highest BCUT2D eigenvalue weighted by Gasteiger charge is 2.13. The van der Waals surface area contributed by atoms with Crippen LogP contribution in [0.15, 0.2) is 30.3 Å². The monoisotopic (exact) mass is 245 g/mol. The third-order valence-electron chi connectivity index (χ3n) is 2.31. The minimum absolute atomic E-state index is 0.100. The maximum atomic E-state index is 10.9. The summed E-state index contributed by atoms with van der Waals surface area (Å²) in [6.45, 7) is 0. The molecule has 0 amide bonds. The Balaban J connectivity index is 2.60. The largest absolute Gasteiger partial charge is 0.496 e. The molecule has 2 aromatic rings. The van der Waals surface area contributed by atoms with Crippen LogP contribution in [0.1, 0.15) is 10.5 Å². The van der Waals surface area contributed by atoms with Gasteiger partial charge in [0.2, 0.25) is 0 Å². The van der Waals surface area contributed by atoms with Gasteiger partial charge in [-0.2, -0.15) is 0 Å². The van der Waals surface area contributed by atoms with E-state index < -0.39 is 5.97 Å². The van der Waals surface area contributed by atoms with Crippen molar-refractivity contribution in [3.05, 3.63) is 36.0 Å². The number of nitrogens with zero attached hydrogens (tertiary/aromatic N) is 2. The molecule has 0 fully saturated rings. The lowest BCUT2D eigenvalue weighted by atomic mass is 10.2. The first-order chi connectivity index (χ1) is 8.61. The summed E-state index contributed by atoms with van der Waals surface area (Å²) in [5.41, 5.74) is 6.01. The van der Waals surface area contributed by atoms with Crippen LogP contribution in [0.2, 0.25) is 0 Å². The van der Waals surface area contributed by atoms with Gasteiger partial charge in [0.25, 0.3) is 0 Å². The lowest BCUT2D eigenvalue weighted by molar-refractivity contribution is 0.0690. The first kappa shape index (κ1) is 11.8. The maximum absolute atomic E-state index is 10.9. The van der Waals surface area contributed by atoms with E-state index in [-0.39, 0.29) is 17.3 Å². The Bertz CT molecular complexity index is 599. The molecule has 1 aromatic heterocycles. The van der Waals surface area contributed by atoms with Gasteiger partial charge in [-0.05, 0) is 12.1 Å². The normalized spacial score (nSPS) is 10.1. The van der Waals surface area contributed by atoms with Crippen LogP contribution in [0.4, 0.5) is 5.82 Å². The van der Waals surface area contributed by atoms with Crippen LogP contribution in [0, 0.1) is 0 Å². The molecule has 6 heteroatoms. The van der Waals surface area contributed by atoms with Gasteiger partial charge < -0.3 is 15.6 Å². The van der Waals surface area contributed by atoms with Crippen LogP contribution < -0.4 is 10.5 Å². The fraction of sp³-hybridized carbons (Fsp3) is 0.0833. The highest BCUT2D eigenvalue weighted by molar-refractivity contribution is 5.87. The Morgan fingerprint density at radius 1 is 1.33 bits per heavy atom. The number of methoxy groups -OCH3 is 1. The highest BCUT2D eigenvalue weighted by atomic mass is 16.5. The zero-order chi connectivity index (χ0) is 13.1. The van der Waals surface area contributed by atoms with E-state index in [4.69, 9.17) is 15.6 Å². The Morgan fingerprint density at radius 3 is 2.72 bits per heavy atom.